The van der Waals surface area contributed by atoms with Crippen LogP contribution in [0.3, 0.4) is 0 Å². The molecule has 0 radical (unpaired) electrons. The van der Waals surface area contributed by atoms with Crippen LogP contribution in [0.2, 0.25) is 0 Å². The smallest absolute Gasteiger partial charge is 0.342 e. The molecule has 0 saturated carbocycles. The highest BCUT2D eigenvalue weighted by atomic mass is 32.1. The number of ether oxygens (including phenoxy) is 3. The highest BCUT2D eigenvalue weighted by Gasteiger charge is 2.28. The summed E-state index contributed by atoms with van der Waals surface area (Å²) in [6.07, 6.45) is 3.01. The lowest BCUT2D eigenvalue weighted by molar-refractivity contribution is -0.111. The zero-order valence-corrected chi connectivity index (χ0v) is 20.5. The van der Waals surface area contributed by atoms with E-state index in [2.05, 4.69) is 10.3 Å². The van der Waals surface area contributed by atoms with Crippen LogP contribution in [-0.4, -0.2) is 37.7 Å². The zero-order chi connectivity index (χ0) is 24.9. The molecule has 0 atom stereocenters. The second-order valence-corrected chi connectivity index (χ2v) is 8.41. The number of aromatic nitrogens is 1. The number of fused-ring (bicyclic) bond motifs is 1. The van der Waals surface area contributed by atoms with E-state index < -0.39 is 11.9 Å². The lowest BCUT2D eigenvalue weighted by Gasteiger charge is -2.09. The maximum Gasteiger partial charge on any atom is 0.342 e. The molecular weight excluding hydrogens is 468 g/mol. The number of anilines is 1. The first-order valence-corrected chi connectivity index (χ1v) is 11.6. The van der Waals surface area contributed by atoms with Crippen LogP contribution in [0.15, 0.2) is 53.0 Å². The molecule has 0 bridgehead atoms. The number of amides is 1. The maximum absolute atomic E-state index is 12.8. The van der Waals surface area contributed by atoms with Gasteiger partial charge in [-0.3, -0.25) is 10.1 Å². The Morgan fingerprint density at radius 3 is 2.66 bits per heavy atom. The summed E-state index contributed by atoms with van der Waals surface area (Å²) in [5, 5.41) is 3.28. The maximum atomic E-state index is 12.8. The lowest BCUT2D eigenvalue weighted by atomic mass is 10.1. The van der Waals surface area contributed by atoms with Gasteiger partial charge in [0, 0.05) is 6.08 Å². The van der Waals surface area contributed by atoms with Crippen LogP contribution in [0.5, 0.6) is 11.5 Å². The molecule has 9 heteroatoms. The standard InChI is InChI=1S/C26H24N2O6S/c1-5-33-18-12-10-16(14-19(18)31-3)11-13-21(29)28-24-23(22(15(2)34-24)26(30)32-4)25-27-17-8-6-7-9-20(17)35-25/h6-14H,5H2,1-4H3,(H,28,29)/b13-11+. The number of benzene rings is 2. The van der Waals surface area contributed by atoms with Crippen molar-refractivity contribution in [2.75, 3.05) is 26.1 Å². The van der Waals surface area contributed by atoms with Gasteiger partial charge >= 0.3 is 5.97 Å². The number of para-hydroxylation sites is 1. The van der Waals surface area contributed by atoms with Crippen molar-refractivity contribution in [1.29, 1.82) is 0 Å². The highest BCUT2D eigenvalue weighted by molar-refractivity contribution is 7.21. The van der Waals surface area contributed by atoms with E-state index in [-0.39, 0.29) is 11.4 Å². The van der Waals surface area contributed by atoms with Crippen molar-refractivity contribution < 1.29 is 28.2 Å². The molecule has 35 heavy (non-hydrogen) atoms. The topological polar surface area (TPSA) is 99.9 Å². The van der Waals surface area contributed by atoms with Crippen molar-refractivity contribution in [1.82, 2.24) is 4.98 Å². The van der Waals surface area contributed by atoms with E-state index in [0.717, 1.165) is 15.8 Å². The van der Waals surface area contributed by atoms with Crippen molar-refractivity contribution in [3.05, 3.63) is 65.4 Å². The molecule has 0 unspecified atom stereocenters. The van der Waals surface area contributed by atoms with Gasteiger partial charge in [-0.05, 0) is 49.8 Å². The summed E-state index contributed by atoms with van der Waals surface area (Å²) in [6, 6.07) is 13.0. The Hall–Kier alpha value is -4.11. The van der Waals surface area contributed by atoms with E-state index in [9.17, 15) is 9.59 Å². The molecular formula is C26H24N2O6S. The van der Waals surface area contributed by atoms with Gasteiger partial charge in [-0.25, -0.2) is 9.78 Å². The first-order chi connectivity index (χ1) is 16.9. The molecule has 2 heterocycles. The molecule has 2 aromatic heterocycles. The van der Waals surface area contributed by atoms with E-state index >= 15 is 0 Å². The van der Waals surface area contributed by atoms with Gasteiger partial charge in [0.15, 0.2) is 11.5 Å². The number of hydrogen-bond acceptors (Lipinski definition) is 8. The van der Waals surface area contributed by atoms with E-state index in [1.165, 1.54) is 24.5 Å². The van der Waals surface area contributed by atoms with Crippen LogP contribution in [0.4, 0.5) is 5.88 Å². The number of aryl methyl sites for hydroxylation is 1. The molecule has 2 aromatic carbocycles. The van der Waals surface area contributed by atoms with Crippen LogP contribution in [0.25, 0.3) is 26.9 Å². The molecule has 4 rings (SSSR count). The average Bonchev–Trinajstić information content (AvgIpc) is 3.43. The van der Waals surface area contributed by atoms with Crippen LogP contribution in [-0.2, 0) is 9.53 Å². The third-order valence-electron chi connectivity index (χ3n) is 5.13. The molecule has 0 aliphatic rings. The Kier molecular flexibility index (Phi) is 7.17. The van der Waals surface area contributed by atoms with E-state index in [0.29, 0.717) is 34.4 Å². The number of nitrogens with one attached hydrogen (secondary N) is 1. The van der Waals surface area contributed by atoms with Crippen molar-refractivity contribution in [3.8, 4) is 22.1 Å². The predicted molar refractivity (Wildman–Crippen MR) is 135 cm³/mol. The summed E-state index contributed by atoms with van der Waals surface area (Å²) in [7, 11) is 2.85. The second kappa shape index (κ2) is 10.4. The van der Waals surface area contributed by atoms with Gasteiger partial charge in [0.2, 0.25) is 5.88 Å². The molecule has 180 valence electrons. The largest absolute Gasteiger partial charge is 0.493 e. The van der Waals surface area contributed by atoms with Crippen LogP contribution in [0.1, 0.15) is 28.6 Å². The number of rotatable bonds is 8. The number of esters is 1. The van der Waals surface area contributed by atoms with Crippen molar-refractivity contribution in [3.63, 3.8) is 0 Å². The molecule has 0 aliphatic heterocycles. The minimum atomic E-state index is -0.571. The van der Waals surface area contributed by atoms with E-state index in [1.807, 2.05) is 37.3 Å². The van der Waals surface area contributed by atoms with Gasteiger partial charge in [0.25, 0.3) is 5.91 Å². The molecule has 0 fully saturated rings. The lowest BCUT2D eigenvalue weighted by Crippen LogP contribution is -2.09. The van der Waals surface area contributed by atoms with Crippen molar-refractivity contribution in [2.45, 2.75) is 13.8 Å². The van der Waals surface area contributed by atoms with E-state index in [4.69, 9.17) is 18.6 Å². The first-order valence-electron chi connectivity index (χ1n) is 10.8. The molecule has 0 saturated heterocycles. The fourth-order valence-electron chi connectivity index (χ4n) is 3.55. The summed E-state index contributed by atoms with van der Waals surface area (Å²) >= 11 is 1.39. The van der Waals surface area contributed by atoms with Crippen LogP contribution < -0.4 is 14.8 Å². The molecule has 0 spiro atoms. The van der Waals surface area contributed by atoms with Gasteiger partial charge in [-0.2, -0.15) is 0 Å². The SMILES string of the molecule is CCOc1ccc(/C=C/C(=O)Nc2oc(C)c(C(=O)OC)c2-c2nc3ccccc3s2)cc1OC. The highest BCUT2D eigenvalue weighted by Crippen LogP contribution is 2.40. The molecule has 1 N–H and O–H groups in total. The number of nitrogens with zero attached hydrogens (tertiary/aromatic N) is 1. The summed E-state index contributed by atoms with van der Waals surface area (Å²) in [5.74, 6) is 0.626. The Bertz CT molecular complexity index is 1390. The average molecular weight is 493 g/mol. The summed E-state index contributed by atoms with van der Waals surface area (Å²) < 4.78 is 22.6. The summed E-state index contributed by atoms with van der Waals surface area (Å²) in [6.45, 7) is 4.05. The minimum Gasteiger partial charge on any atom is -0.493 e. The number of carbonyl (C=O) groups is 2. The Morgan fingerprint density at radius 1 is 1.14 bits per heavy atom. The van der Waals surface area contributed by atoms with Crippen LogP contribution >= 0.6 is 11.3 Å². The normalized spacial score (nSPS) is 11.1. The fourth-order valence-corrected chi connectivity index (χ4v) is 4.57. The fraction of sp³-hybridized carbons (Fsp3) is 0.192. The van der Waals surface area contributed by atoms with Gasteiger partial charge < -0.3 is 18.6 Å². The van der Waals surface area contributed by atoms with Gasteiger partial charge in [0.05, 0.1) is 36.6 Å². The van der Waals surface area contributed by atoms with Crippen LogP contribution in [0, 0.1) is 6.92 Å². The Balaban J connectivity index is 1.65. The number of hydrogen-bond donors (Lipinski definition) is 1. The zero-order valence-electron chi connectivity index (χ0n) is 19.7. The number of furan rings is 1. The number of thiazole rings is 1. The predicted octanol–water partition coefficient (Wildman–Crippen LogP) is 5.71. The number of methoxy groups -OCH3 is 2. The monoisotopic (exact) mass is 492 g/mol. The minimum absolute atomic E-state index is 0.126. The first kappa shape index (κ1) is 24.0. The second-order valence-electron chi connectivity index (χ2n) is 7.38. The third-order valence-corrected chi connectivity index (χ3v) is 6.19. The molecule has 0 aliphatic carbocycles. The third kappa shape index (κ3) is 5.04. The summed E-state index contributed by atoms with van der Waals surface area (Å²) in [4.78, 5) is 29.9. The van der Waals surface area contributed by atoms with Gasteiger partial charge in [-0.15, -0.1) is 11.3 Å². The quantitative estimate of drug-likeness (QED) is 0.248. The summed E-state index contributed by atoms with van der Waals surface area (Å²) in [5.41, 5.74) is 2.14. The van der Waals surface area contributed by atoms with Gasteiger partial charge in [-0.1, -0.05) is 18.2 Å². The Morgan fingerprint density at radius 2 is 1.94 bits per heavy atom. The molecule has 8 nitrogen and oxygen atoms in total. The van der Waals surface area contributed by atoms with Crippen molar-refractivity contribution >= 4 is 45.4 Å². The molecule has 1 amide bonds. The van der Waals surface area contributed by atoms with E-state index in [1.54, 1.807) is 32.2 Å². The Labute approximate surface area is 206 Å². The number of carbonyl (C=O) groups excluding carboxylic acids is 2. The molecule has 4 aromatic rings. The van der Waals surface area contributed by atoms with Crippen molar-refractivity contribution in [2.24, 2.45) is 0 Å². The van der Waals surface area contributed by atoms with Gasteiger partial charge in [0.1, 0.15) is 16.3 Å².